The van der Waals surface area contributed by atoms with E-state index in [0.29, 0.717) is 5.56 Å². The lowest BCUT2D eigenvalue weighted by molar-refractivity contribution is -0.164. The van der Waals surface area contributed by atoms with E-state index in [2.05, 4.69) is 4.99 Å². The number of thioether (sulfide) groups is 1. The molecule has 2 heterocycles. The Kier molecular flexibility index (Phi) is 6.15. The molecule has 2 aliphatic heterocycles. The van der Waals surface area contributed by atoms with Crippen molar-refractivity contribution in [2.75, 3.05) is 6.61 Å². The standard InChI is InChI=1S/C17H15Cl5N2O3S/c1-15(2)10(12(25)27-8-16(19,20)21)24-13(26)17(22,14(24)28-15)23-11(18)9-6-4-3-5-7-9/h3-7,10,14H,8H2,1-2H3/t10-,14+,17?/m0/s1. The predicted octanol–water partition coefficient (Wildman–Crippen LogP) is 4.58. The number of nitrogens with zero attached hydrogens (tertiary/aromatic N) is 2. The Hall–Kier alpha value is -0.370. The number of alkyl halides is 4. The van der Waals surface area contributed by atoms with Crippen LogP contribution in [0.15, 0.2) is 35.3 Å². The van der Waals surface area contributed by atoms with Crippen LogP contribution in [0, 0.1) is 0 Å². The predicted molar refractivity (Wildman–Crippen MR) is 115 cm³/mol. The highest BCUT2D eigenvalue weighted by molar-refractivity contribution is 8.01. The van der Waals surface area contributed by atoms with Gasteiger partial charge in [0, 0.05) is 10.3 Å². The van der Waals surface area contributed by atoms with Crippen molar-refractivity contribution in [2.45, 2.75) is 38.8 Å². The number of esters is 1. The highest BCUT2D eigenvalue weighted by atomic mass is 35.6. The Morgan fingerprint density at radius 1 is 1.29 bits per heavy atom. The van der Waals surface area contributed by atoms with Crippen LogP contribution in [-0.4, -0.2) is 53.5 Å². The number of benzene rings is 1. The van der Waals surface area contributed by atoms with E-state index in [9.17, 15) is 9.59 Å². The maximum absolute atomic E-state index is 12.9. The number of ether oxygens (including phenoxy) is 1. The molecular weight excluding hydrogens is 490 g/mol. The van der Waals surface area contributed by atoms with Crippen molar-refractivity contribution in [1.29, 1.82) is 0 Å². The highest BCUT2D eigenvalue weighted by Crippen LogP contribution is 2.58. The molecule has 1 aromatic carbocycles. The van der Waals surface area contributed by atoms with Crippen molar-refractivity contribution < 1.29 is 14.3 Å². The summed E-state index contributed by atoms with van der Waals surface area (Å²) in [7, 11) is 0. The van der Waals surface area contributed by atoms with Crippen LogP contribution < -0.4 is 0 Å². The fourth-order valence-electron chi connectivity index (χ4n) is 3.10. The molecule has 0 N–H and O–H groups in total. The van der Waals surface area contributed by atoms with Gasteiger partial charge in [0.1, 0.15) is 23.2 Å². The summed E-state index contributed by atoms with van der Waals surface area (Å²) in [6.07, 6.45) is 0. The number of halogens is 5. The maximum Gasteiger partial charge on any atom is 0.330 e. The number of carbonyl (C=O) groups is 2. The average Bonchev–Trinajstić information content (AvgIpc) is 2.89. The first-order valence-corrected chi connectivity index (χ1v) is 10.9. The van der Waals surface area contributed by atoms with E-state index in [-0.39, 0.29) is 5.17 Å². The molecule has 0 radical (unpaired) electrons. The molecule has 0 bridgehead atoms. The quantitative estimate of drug-likeness (QED) is 0.198. The normalized spacial score (nSPS) is 29.3. The van der Waals surface area contributed by atoms with Crippen LogP contribution in [0.1, 0.15) is 19.4 Å². The minimum atomic E-state index is -1.74. The fourth-order valence-corrected chi connectivity index (χ4v) is 5.54. The summed E-state index contributed by atoms with van der Waals surface area (Å²) in [6, 6.07) is 8.06. The monoisotopic (exact) mass is 502 g/mol. The first-order chi connectivity index (χ1) is 12.9. The van der Waals surface area contributed by atoms with Crippen molar-refractivity contribution in [1.82, 2.24) is 4.90 Å². The number of hydrogen-bond donors (Lipinski definition) is 0. The van der Waals surface area contributed by atoms with E-state index in [0.717, 1.165) is 0 Å². The van der Waals surface area contributed by atoms with Crippen molar-refractivity contribution >= 4 is 86.8 Å². The zero-order valence-electron chi connectivity index (χ0n) is 14.7. The summed E-state index contributed by atoms with van der Waals surface area (Å²) < 4.78 is 2.67. The van der Waals surface area contributed by atoms with Crippen LogP contribution in [0.4, 0.5) is 0 Å². The molecule has 1 amide bonds. The summed E-state index contributed by atoms with van der Waals surface area (Å²) in [4.78, 5) is 29.5. The molecule has 2 saturated heterocycles. The zero-order chi connectivity index (χ0) is 20.9. The Bertz CT molecular complexity index is 830. The van der Waals surface area contributed by atoms with Gasteiger partial charge in [0.05, 0.1) is 0 Å². The Balaban J connectivity index is 1.83. The minimum absolute atomic E-state index is 0.115. The van der Waals surface area contributed by atoms with E-state index >= 15 is 0 Å². The third-order valence-electron chi connectivity index (χ3n) is 4.34. The summed E-state index contributed by atoms with van der Waals surface area (Å²) in [5, 5.41) is -0.469. The Labute approximate surface area is 191 Å². The summed E-state index contributed by atoms with van der Waals surface area (Å²) in [5.74, 6) is -1.20. The van der Waals surface area contributed by atoms with Crippen LogP contribution >= 0.6 is 69.8 Å². The average molecular weight is 505 g/mol. The Morgan fingerprint density at radius 3 is 2.46 bits per heavy atom. The van der Waals surface area contributed by atoms with Gasteiger partial charge in [-0.3, -0.25) is 4.79 Å². The van der Waals surface area contributed by atoms with Crippen molar-refractivity contribution in [3.63, 3.8) is 0 Å². The van der Waals surface area contributed by atoms with Crippen LogP contribution in [0.2, 0.25) is 0 Å². The van der Waals surface area contributed by atoms with Gasteiger partial charge in [0.2, 0.25) is 8.79 Å². The van der Waals surface area contributed by atoms with Gasteiger partial charge in [0.25, 0.3) is 5.91 Å². The minimum Gasteiger partial charge on any atom is -0.460 e. The molecule has 1 unspecified atom stereocenters. The second-order valence-corrected chi connectivity index (χ2v) is 12.0. The summed E-state index contributed by atoms with van der Waals surface area (Å²) in [6.45, 7) is 3.19. The molecule has 0 aliphatic carbocycles. The molecule has 5 nitrogen and oxygen atoms in total. The van der Waals surface area contributed by atoms with Crippen LogP contribution in [0.3, 0.4) is 0 Å². The number of rotatable bonds is 4. The second-order valence-electron chi connectivity index (χ2n) is 6.85. The lowest BCUT2D eigenvalue weighted by Crippen LogP contribution is -2.70. The van der Waals surface area contributed by atoms with Crippen LogP contribution in [0.25, 0.3) is 0 Å². The highest BCUT2D eigenvalue weighted by Gasteiger charge is 2.72. The van der Waals surface area contributed by atoms with Gasteiger partial charge in [-0.15, -0.1) is 11.8 Å². The topological polar surface area (TPSA) is 59.0 Å². The van der Waals surface area contributed by atoms with E-state index < -0.39 is 43.4 Å². The van der Waals surface area contributed by atoms with E-state index in [1.54, 1.807) is 24.3 Å². The van der Waals surface area contributed by atoms with Crippen molar-refractivity contribution in [3.8, 4) is 0 Å². The molecule has 2 aliphatic rings. The van der Waals surface area contributed by atoms with E-state index in [1.807, 2.05) is 19.9 Å². The SMILES string of the molecule is CC1(C)S[C@H]2N(C(=O)C2(Cl)N=C(Cl)c2ccccc2)[C@H]1C(=O)OCC(Cl)(Cl)Cl. The lowest BCUT2D eigenvalue weighted by Gasteiger charge is -2.47. The number of β-lactam (4-membered cyclic amide) rings is 1. The molecule has 3 rings (SSSR count). The van der Waals surface area contributed by atoms with Crippen LogP contribution in [-0.2, 0) is 14.3 Å². The van der Waals surface area contributed by atoms with Gasteiger partial charge < -0.3 is 9.64 Å². The third kappa shape index (κ3) is 4.09. The number of fused-ring (bicyclic) bond motifs is 1. The van der Waals surface area contributed by atoms with Crippen LogP contribution in [0.5, 0.6) is 0 Å². The third-order valence-corrected chi connectivity index (χ3v) is 7.18. The smallest absolute Gasteiger partial charge is 0.330 e. The molecule has 0 saturated carbocycles. The molecule has 3 atom stereocenters. The first-order valence-electron chi connectivity index (χ1n) is 8.10. The van der Waals surface area contributed by atoms with Gasteiger partial charge in [-0.2, -0.15) is 0 Å². The second kappa shape index (κ2) is 7.71. The number of amides is 1. The maximum atomic E-state index is 12.9. The van der Waals surface area contributed by atoms with Gasteiger partial charge in [-0.05, 0) is 13.8 Å². The molecule has 11 heteroatoms. The molecule has 152 valence electrons. The zero-order valence-corrected chi connectivity index (χ0v) is 19.3. The molecule has 2 fully saturated rings. The van der Waals surface area contributed by atoms with Gasteiger partial charge >= 0.3 is 5.97 Å². The number of hydrogen-bond acceptors (Lipinski definition) is 5. The molecule has 1 aromatic rings. The van der Waals surface area contributed by atoms with E-state index in [4.69, 9.17) is 62.7 Å². The lowest BCUT2D eigenvalue weighted by atomic mass is 9.96. The van der Waals surface area contributed by atoms with Gasteiger partial charge in [0.15, 0.2) is 0 Å². The molecule has 0 spiro atoms. The van der Waals surface area contributed by atoms with Gasteiger partial charge in [-0.25, -0.2) is 9.79 Å². The summed E-state index contributed by atoms with van der Waals surface area (Å²) >= 11 is 31.1. The number of carbonyl (C=O) groups excluding carboxylic acids is 2. The Morgan fingerprint density at radius 2 is 1.89 bits per heavy atom. The van der Waals surface area contributed by atoms with Crippen molar-refractivity contribution in [2.24, 2.45) is 4.99 Å². The van der Waals surface area contributed by atoms with Gasteiger partial charge in [-0.1, -0.05) is 88.3 Å². The largest absolute Gasteiger partial charge is 0.460 e. The molecular formula is C17H15Cl5N2O3S. The fraction of sp³-hybridized carbons (Fsp3) is 0.471. The molecule has 0 aromatic heterocycles. The number of aliphatic imine (C=N–C) groups is 1. The van der Waals surface area contributed by atoms with Crippen molar-refractivity contribution in [3.05, 3.63) is 35.9 Å². The molecule has 28 heavy (non-hydrogen) atoms. The van der Waals surface area contributed by atoms with E-state index in [1.165, 1.54) is 16.7 Å². The summed E-state index contributed by atoms with van der Waals surface area (Å²) in [5.41, 5.74) is 0.635. The first kappa shape index (κ1) is 22.3.